The number of benzene rings is 3. The molecular formula is C46H71BrN6O8Si. The molecule has 14 nitrogen and oxygen atoms in total. The van der Waals surface area contributed by atoms with Gasteiger partial charge in [-0.2, -0.15) is 0 Å². The van der Waals surface area contributed by atoms with Gasteiger partial charge in [0.1, 0.15) is 0 Å². The number of aryl methyl sites for hydroxylation is 5. The Hall–Kier alpha value is -4.90. The summed E-state index contributed by atoms with van der Waals surface area (Å²) in [4.78, 5) is 72.1. The number of nitrogens with one attached hydrogen (secondary N) is 1. The average molecular weight is 944 g/mol. The second-order valence-electron chi connectivity index (χ2n) is 15.5. The molecule has 0 radical (unpaired) electrons. The van der Waals surface area contributed by atoms with Crippen LogP contribution in [0.25, 0.3) is 33.1 Å². The molecule has 0 bridgehead atoms. The maximum Gasteiger partial charge on any atom is 0.316 e. The highest BCUT2D eigenvalue weighted by Gasteiger charge is 2.36. The van der Waals surface area contributed by atoms with Crippen LogP contribution in [0.4, 0.5) is 0 Å². The first-order valence-corrected chi connectivity index (χ1v) is 23.7. The lowest BCUT2D eigenvalue weighted by molar-refractivity contribution is 0.279. The molecule has 0 saturated carbocycles. The van der Waals surface area contributed by atoms with Crippen molar-refractivity contribution in [3.63, 3.8) is 0 Å². The van der Waals surface area contributed by atoms with Crippen LogP contribution in [-0.2, 0) is 38.7 Å². The quantitative estimate of drug-likeness (QED) is 0.0615. The minimum absolute atomic E-state index is 0. The number of aliphatic hydroxyl groups excluding tert-OH is 1. The van der Waals surface area contributed by atoms with E-state index in [1.165, 1.54) is 18.3 Å². The Morgan fingerprint density at radius 2 is 1.02 bits per heavy atom. The summed E-state index contributed by atoms with van der Waals surface area (Å²) in [5.74, 6) is 0. The molecule has 62 heavy (non-hydrogen) atoms. The first-order chi connectivity index (χ1) is 27.8. The van der Waals surface area contributed by atoms with Crippen molar-refractivity contribution in [3.8, 4) is 0 Å². The van der Waals surface area contributed by atoms with E-state index in [-0.39, 0.29) is 28.9 Å². The predicted molar refractivity (Wildman–Crippen MR) is 265 cm³/mol. The Morgan fingerprint density at radius 1 is 0.613 bits per heavy atom. The Morgan fingerprint density at radius 3 is 1.44 bits per heavy atom. The van der Waals surface area contributed by atoms with Crippen molar-refractivity contribution in [2.24, 2.45) is 21.1 Å². The van der Waals surface area contributed by atoms with Gasteiger partial charge >= 0.3 is 33.4 Å². The molecule has 16 heteroatoms. The maximum atomic E-state index is 11.9. The number of hydrogen-bond donors (Lipinski definition) is 2. The molecule has 0 aliphatic rings. The maximum absolute atomic E-state index is 11.9. The lowest BCUT2D eigenvalue weighted by atomic mass is 10.2. The van der Waals surface area contributed by atoms with Gasteiger partial charge in [-0.25, -0.2) is 0 Å². The molecule has 344 valence electrons. The fourth-order valence-corrected chi connectivity index (χ4v) is 7.12. The molecule has 0 aliphatic carbocycles. The summed E-state index contributed by atoms with van der Waals surface area (Å²) in [6, 6.07) is 21.9. The number of nitrogens with zero attached hydrogens (tertiary/aromatic N) is 5. The standard InChI is InChI=1S/C13H16N2O2.C12H14N2O3.C9H21BrOSi.C9H8N2O2.3CH4/c1-3-4-9-15-11-8-6-5-7-10(11)14(2)12(16)13(15)17;1-13-9-5-2-3-6-10(9)14(7-4-8-15)12(17)11(13)16;1-9(2,3)12(4,5)11-8-6-7-10;1-11-7-5-3-2-4-6(7)10-8(12)9(11)13;;;/h5-8H,3-4,9H2,1-2H3;2-3,5-6,15H,4,7-8H2,1H3;6-8H2,1-5H3;2-5H,1H3,(H,10,12);3*1H4. The molecule has 0 unspecified atom stereocenters. The van der Waals surface area contributed by atoms with Crippen molar-refractivity contribution in [3.05, 3.63) is 135 Å². The summed E-state index contributed by atoms with van der Waals surface area (Å²) in [5, 5.41) is 10.2. The third-order valence-electron chi connectivity index (χ3n) is 10.4. The monoisotopic (exact) mass is 942 g/mol. The predicted octanol–water partition coefficient (Wildman–Crippen LogP) is 7.51. The van der Waals surface area contributed by atoms with Gasteiger partial charge in [0.15, 0.2) is 8.32 Å². The number of unbranched alkanes of at least 4 members (excludes halogenated alkanes) is 1. The SMILES string of the molecule is C.C.C.CC(C)(C)[Si](C)(C)OCCCBr.CCCCn1c(=O)c(=O)n(C)c2ccccc21.Cn1c(=O)c(=O)[nH]c2ccccc21.Cn1c(=O)c(=O)n(CCCO)c2ccccc21. The van der Waals surface area contributed by atoms with Crippen LogP contribution in [0.15, 0.2) is 102 Å². The molecular weight excluding hydrogens is 873 g/mol. The molecule has 3 aromatic heterocycles. The van der Waals surface area contributed by atoms with Gasteiger partial charge in [-0.15, -0.1) is 0 Å². The first kappa shape index (κ1) is 57.1. The Labute approximate surface area is 374 Å². The first-order valence-electron chi connectivity index (χ1n) is 19.7. The molecule has 2 N–H and O–H groups in total. The third-order valence-corrected chi connectivity index (χ3v) is 15.5. The van der Waals surface area contributed by atoms with Crippen LogP contribution < -0.4 is 33.4 Å². The zero-order chi connectivity index (χ0) is 44.1. The second kappa shape index (κ2) is 25.9. The van der Waals surface area contributed by atoms with E-state index < -0.39 is 41.7 Å². The number of rotatable bonds is 10. The number of fused-ring (bicyclic) bond motifs is 3. The van der Waals surface area contributed by atoms with Crippen LogP contribution in [0, 0.1) is 0 Å². The fourth-order valence-electron chi connectivity index (χ4n) is 5.80. The van der Waals surface area contributed by atoms with E-state index in [1.807, 2.05) is 48.5 Å². The number of aliphatic hydroxyl groups is 1. The number of aromatic nitrogens is 6. The van der Waals surface area contributed by atoms with Gasteiger partial charge in [0.05, 0.1) is 33.1 Å². The Bertz CT molecular complexity index is 2590. The van der Waals surface area contributed by atoms with Crippen molar-refractivity contribution in [1.29, 1.82) is 0 Å². The zero-order valence-electron chi connectivity index (χ0n) is 35.7. The van der Waals surface area contributed by atoms with Crippen molar-refractivity contribution >= 4 is 57.3 Å². The highest BCUT2D eigenvalue weighted by Crippen LogP contribution is 2.36. The molecule has 6 aromatic rings. The van der Waals surface area contributed by atoms with Gasteiger partial charge in [0, 0.05) is 52.8 Å². The van der Waals surface area contributed by atoms with E-state index in [9.17, 15) is 28.8 Å². The van der Waals surface area contributed by atoms with Crippen LogP contribution in [0.5, 0.6) is 0 Å². The van der Waals surface area contributed by atoms with Gasteiger partial charge in [-0.3, -0.25) is 28.8 Å². The molecule has 0 spiro atoms. The van der Waals surface area contributed by atoms with Crippen LogP contribution in [0.3, 0.4) is 0 Å². The van der Waals surface area contributed by atoms with Crippen molar-refractivity contribution in [2.45, 2.75) is 107 Å². The zero-order valence-corrected chi connectivity index (χ0v) is 38.3. The van der Waals surface area contributed by atoms with Gasteiger partial charge in [0.25, 0.3) is 0 Å². The number of H-pyrrole nitrogens is 1. The molecule has 3 aromatic carbocycles. The number of para-hydroxylation sites is 6. The smallest absolute Gasteiger partial charge is 0.316 e. The summed E-state index contributed by atoms with van der Waals surface area (Å²) in [7, 11) is 3.34. The average Bonchev–Trinajstić information content (AvgIpc) is 3.21. The van der Waals surface area contributed by atoms with Crippen LogP contribution in [-0.4, -0.2) is 59.8 Å². The molecule has 0 saturated heterocycles. The van der Waals surface area contributed by atoms with Crippen LogP contribution in [0.1, 0.15) is 75.7 Å². The van der Waals surface area contributed by atoms with Gasteiger partial charge < -0.3 is 37.4 Å². The van der Waals surface area contributed by atoms with E-state index in [1.54, 1.807) is 50.0 Å². The van der Waals surface area contributed by atoms with Crippen molar-refractivity contribution < 1.29 is 9.53 Å². The highest BCUT2D eigenvalue weighted by molar-refractivity contribution is 9.09. The van der Waals surface area contributed by atoms with Gasteiger partial charge in [-0.1, -0.05) is 109 Å². The molecule has 6 rings (SSSR count). The van der Waals surface area contributed by atoms with Crippen LogP contribution >= 0.6 is 15.9 Å². The molecule has 0 atom stereocenters. The summed E-state index contributed by atoms with van der Waals surface area (Å²) >= 11 is 3.40. The summed E-state index contributed by atoms with van der Waals surface area (Å²) in [6.45, 7) is 15.3. The number of aromatic amines is 1. The number of hydrogen-bond acceptors (Lipinski definition) is 8. The lowest BCUT2D eigenvalue weighted by Gasteiger charge is -2.36. The minimum Gasteiger partial charge on any atom is -0.417 e. The summed E-state index contributed by atoms with van der Waals surface area (Å²) in [5.41, 5.74) is 1.38. The Kier molecular flexibility index (Phi) is 23.8. The largest absolute Gasteiger partial charge is 0.417 e. The van der Waals surface area contributed by atoms with Crippen LogP contribution in [0.2, 0.25) is 18.1 Å². The van der Waals surface area contributed by atoms with E-state index in [4.69, 9.17) is 9.53 Å². The Balaban J connectivity index is 0.000000796. The van der Waals surface area contributed by atoms with Gasteiger partial charge in [0.2, 0.25) is 0 Å². The topological polar surface area (TPSA) is 172 Å². The van der Waals surface area contributed by atoms with Crippen molar-refractivity contribution in [1.82, 2.24) is 27.8 Å². The fraction of sp³-hybridized carbons (Fsp3) is 0.478. The minimum atomic E-state index is -1.46. The molecule has 0 amide bonds. The summed E-state index contributed by atoms with van der Waals surface area (Å²) in [6.07, 6.45) is 3.47. The van der Waals surface area contributed by atoms with E-state index in [0.29, 0.717) is 35.6 Å². The van der Waals surface area contributed by atoms with E-state index in [2.05, 4.69) is 61.7 Å². The normalized spacial score (nSPS) is 10.8. The van der Waals surface area contributed by atoms with Crippen molar-refractivity contribution in [2.75, 3.05) is 18.5 Å². The van der Waals surface area contributed by atoms with E-state index >= 15 is 0 Å². The summed E-state index contributed by atoms with van der Waals surface area (Å²) < 4.78 is 13.1. The molecule has 0 aliphatic heterocycles. The van der Waals surface area contributed by atoms with E-state index in [0.717, 1.165) is 53.3 Å². The third kappa shape index (κ3) is 14.1. The molecule has 3 heterocycles. The lowest BCUT2D eigenvalue weighted by Crippen LogP contribution is -2.41. The number of alkyl halides is 1. The number of halogens is 1. The highest BCUT2D eigenvalue weighted by atomic mass is 79.9. The second-order valence-corrected chi connectivity index (χ2v) is 21.1. The molecule has 0 fully saturated rings. The van der Waals surface area contributed by atoms with Gasteiger partial charge in [-0.05, 0) is 73.8 Å².